The molecule has 1 aromatic carbocycles. The molecule has 3 nitrogen and oxygen atoms in total. The molecule has 3 rings (SSSR count). The molecule has 1 aliphatic heterocycles. The topological polar surface area (TPSA) is 33.2 Å². The summed E-state index contributed by atoms with van der Waals surface area (Å²) in [6, 6.07) is 10.3. The molecule has 120 valence electrons. The standard InChI is InChI=1S/C19H21FN2O/c20-18-3-1-15(2-4-18)13-19(23)17-7-11-22(12-8-17)14-16-5-9-21-10-6-16/h1-6,9-10,17H,7-8,11-14H2. The van der Waals surface area contributed by atoms with E-state index < -0.39 is 0 Å². The Morgan fingerprint density at radius 2 is 1.70 bits per heavy atom. The molecule has 1 fully saturated rings. The molecule has 0 spiro atoms. The summed E-state index contributed by atoms with van der Waals surface area (Å²) in [5.41, 5.74) is 2.16. The van der Waals surface area contributed by atoms with E-state index >= 15 is 0 Å². The van der Waals surface area contributed by atoms with E-state index in [1.165, 1.54) is 17.7 Å². The van der Waals surface area contributed by atoms with E-state index in [9.17, 15) is 9.18 Å². The molecule has 4 heteroatoms. The molecule has 0 N–H and O–H groups in total. The van der Waals surface area contributed by atoms with Crippen LogP contribution in [-0.2, 0) is 17.8 Å². The third-order valence-corrected chi connectivity index (χ3v) is 4.49. The normalized spacial score (nSPS) is 16.4. The molecule has 1 aliphatic rings. The van der Waals surface area contributed by atoms with Gasteiger partial charge in [-0.2, -0.15) is 0 Å². The monoisotopic (exact) mass is 312 g/mol. The Hall–Kier alpha value is -2.07. The van der Waals surface area contributed by atoms with Crippen molar-refractivity contribution >= 4 is 5.78 Å². The summed E-state index contributed by atoms with van der Waals surface area (Å²) in [6.45, 7) is 2.81. The first-order valence-corrected chi connectivity index (χ1v) is 8.09. The second-order valence-electron chi connectivity index (χ2n) is 6.18. The number of hydrogen-bond donors (Lipinski definition) is 0. The number of aromatic nitrogens is 1. The molecular formula is C19H21FN2O. The lowest BCUT2D eigenvalue weighted by molar-refractivity contribution is -0.123. The average Bonchev–Trinajstić information content (AvgIpc) is 2.58. The number of rotatable bonds is 5. The first-order valence-electron chi connectivity index (χ1n) is 8.09. The van der Waals surface area contributed by atoms with Crippen LogP contribution in [0.2, 0.25) is 0 Å². The summed E-state index contributed by atoms with van der Waals surface area (Å²) in [5, 5.41) is 0. The zero-order chi connectivity index (χ0) is 16.1. The van der Waals surface area contributed by atoms with E-state index in [1.807, 2.05) is 24.5 Å². The summed E-state index contributed by atoms with van der Waals surface area (Å²) < 4.78 is 12.9. The van der Waals surface area contributed by atoms with Crippen molar-refractivity contribution in [1.82, 2.24) is 9.88 Å². The number of pyridine rings is 1. The number of Topliss-reactive ketones (excluding diaryl/α,β-unsaturated/α-hetero) is 1. The van der Waals surface area contributed by atoms with Gasteiger partial charge in [0.2, 0.25) is 0 Å². The fraction of sp³-hybridized carbons (Fsp3) is 0.368. The fourth-order valence-electron chi connectivity index (χ4n) is 3.11. The molecule has 0 atom stereocenters. The van der Waals surface area contributed by atoms with Crippen LogP contribution < -0.4 is 0 Å². The minimum atomic E-state index is -0.259. The highest BCUT2D eigenvalue weighted by Gasteiger charge is 2.24. The van der Waals surface area contributed by atoms with Crippen molar-refractivity contribution in [3.05, 3.63) is 65.7 Å². The maximum atomic E-state index is 12.9. The molecule has 2 heterocycles. The van der Waals surface area contributed by atoms with E-state index in [0.29, 0.717) is 6.42 Å². The van der Waals surface area contributed by atoms with E-state index in [-0.39, 0.29) is 17.5 Å². The number of nitrogens with zero attached hydrogens (tertiary/aromatic N) is 2. The highest BCUT2D eigenvalue weighted by Crippen LogP contribution is 2.21. The molecule has 0 saturated carbocycles. The van der Waals surface area contributed by atoms with Gasteiger partial charge in [-0.05, 0) is 61.3 Å². The molecular weight excluding hydrogens is 291 g/mol. The summed E-state index contributed by atoms with van der Waals surface area (Å²) >= 11 is 0. The van der Waals surface area contributed by atoms with Gasteiger partial charge < -0.3 is 0 Å². The number of ketones is 1. The molecule has 1 saturated heterocycles. The average molecular weight is 312 g/mol. The molecule has 0 bridgehead atoms. The Labute approximate surface area is 136 Å². The van der Waals surface area contributed by atoms with Gasteiger partial charge in [0.1, 0.15) is 11.6 Å². The maximum Gasteiger partial charge on any atom is 0.140 e. The second kappa shape index (κ2) is 7.47. The van der Waals surface area contributed by atoms with Gasteiger partial charge in [-0.3, -0.25) is 14.7 Å². The molecule has 0 amide bonds. The first kappa shape index (κ1) is 15.8. The van der Waals surface area contributed by atoms with Crippen LogP contribution in [0.5, 0.6) is 0 Å². The van der Waals surface area contributed by atoms with Crippen LogP contribution in [0.4, 0.5) is 4.39 Å². The maximum absolute atomic E-state index is 12.9. The number of carbonyl (C=O) groups is 1. The van der Waals surface area contributed by atoms with Crippen molar-refractivity contribution in [2.75, 3.05) is 13.1 Å². The minimum absolute atomic E-state index is 0.133. The summed E-state index contributed by atoms with van der Waals surface area (Å²) in [5.74, 6) is 0.152. The van der Waals surface area contributed by atoms with Gasteiger partial charge in [-0.1, -0.05) is 12.1 Å². The number of benzene rings is 1. The predicted molar refractivity (Wildman–Crippen MR) is 87.3 cm³/mol. The lowest BCUT2D eigenvalue weighted by atomic mass is 9.89. The first-order chi connectivity index (χ1) is 11.2. The van der Waals surface area contributed by atoms with Crippen LogP contribution in [-0.4, -0.2) is 28.8 Å². The quantitative estimate of drug-likeness (QED) is 0.850. The van der Waals surface area contributed by atoms with Crippen molar-refractivity contribution in [3.63, 3.8) is 0 Å². The molecule has 0 radical (unpaired) electrons. The molecule has 0 unspecified atom stereocenters. The predicted octanol–water partition coefficient (Wildman–Crippen LogP) is 3.24. The third-order valence-electron chi connectivity index (χ3n) is 4.49. The van der Waals surface area contributed by atoms with Gasteiger partial charge in [-0.25, -0.2) is 4.39 Å². The minimum Gasteiger partial charge on any atom is -0.299 e. The van der Waals surface area contributed by atoms with Gasteiger partial charge in [-0.15, -0.1) is 0 Å². The largest absolute Gasteiger partial charge is 0.299 e. The van der Waals surface area contributed by atoms with Crippen LogP contribution >= 0.6 is 0 Å². The molecule has 23 heavy (non-hydrogen) atoms. The van der Waals surface area contributed by atoms with Crippen molar-refractivity contribution in [3.8, 4) is 0 Å². The second-order valence-corrected chi connectivity index (χ2v) is 6.18. The SMILES string of the molecule is O=C(Cc1ccc(F)cc1)C1CCN(Cc2ccncc2)CC1. The number of hydrogen-bond acceptors (Lipinski definition) is 3. The van der Waals surface area contributed by atoms with E-state index in [1.54, 1.807) is 12.1 Å². The van der Waals surface area contributed by atoms with Gasteiger partial charge in [0.05, 0.1) is 0 Å². The number of carbonyl (C=O) groups excluding carboxylic acids is 1. The van der Waals surface area contributed by atoms with Crippen LogP contribution in [0.25, 0.3) is 0 Å². The van der Waals surface area contributed by atoms with Crippen molar-refractivity contribution < 1.29 is 9.18 Å². The lowest BCUT2D eigenvalue weighted by Crippen LogP contribution is -2.36. The summed E-state index contributed by atoms with van der Waals surface area (Å²) in [4.78, 5) is 18.8. The number of likely N-dealkylation sites (tertiary alicyclic amines) is 1. The zero-order valence-corrected chi connectivity index (χ0v) is 13.1. The fourth-order valence-corrected chi connectivity index (χ4v) is 3.11. The van der Waals surface area contributed by atoms with E-state index in [0.717, 1.165) is 38.0 Å². The molecule has 2 aromatic rings. The van der Waals surface area contributed by atoms with E-state index in [4.69, 9.17) is 0 Å². The molecule has 1 aromatic heterocycles. The number of piperidine rings is 1. The Kier molecular flexibility index (Phi) is 5.13. The third kappa shape index (κ3) is 4.45. The van der Waals surface area contributed by atoms with Gasteiger partial charge in [0.25, 0.3) is 0 Å². The van der Waals surface area contributed by atoms with Crippen LogP contribution in [0.1, 0.15) is 24.0 Å². The highest BCUT2D eigenvalue weighted by atomic mass is 19.1. The molecule has 0 aliphatic carbocycles. The van der Waals surface area contributed by atoms with Crippen molar-refractivity contribution in [2.24, 2.45) is 5.92 Å². The smallest absolute Gasteiger partial charge is 0.140 e. The Bertz CT molecular complexity index is 634. The number of halogens is 1. The van der Waals surface area contributed by atoms with Crippen LogP contribution in [0.15, 0.2) is 48.8 Å². The lowest BCUT2D eigenvalue weighted by Gasteiger charge is -2.31. The van der Waals surface area contributed by atoms with Gasteiger partial charge in [0.15, 0.2) is 0 Å². The zero-order valence-electron chi connectivity index (χ0n) is 13.1. The summed E-state index contributed by atoms with van der Waals surface area (Å²) in [6.07, 6.45) is 5.86. The van der Waals surface area contributed by atoms with Crippen LogP contribution in [0.3, 0.4) is 0 Å². The van der Waals surface area contributed by atoms with Gasteiger partial charge in [0, 0.05) is 31.3 Å². The Morgan fingerprint density at radius 3 is 2.35 bits per heavy atom. The van der Waals surface area contributed by atoms with Gasteiger partial charge >= 0.3 is 0 Å². The van der Waals surface area contributed by atoms with Crippen molar-refractivity contribution in [1.29, 1.82) is 0 Å². The highest BCUT2D eigenvalue weighted by molar-refractivity contribution is 5.83. The van der Waals surface area contributed by atoms with Crippen molar-refractivity contribution in [2.45, 2.75) is 25.8 Å². The summed E-state index contributed by atoms with van der Waals surface area (Å²) in [7, 11) is 0. The van der Waals surface area contributed by atoms with Crippen LogP contribution in [0, 0.1) is 11.7 Å². The van der Waals surface area contributed by atoms with E-state index in [2.05, 4.69) is 9.88 Å². The Morgan fingerprint density at radius 1 is 1.04 bits per heavy atom. The Balaban J connectivity index is 1.48.